The highest BCUT2D eigenvalue weighted by molar-refractivity contribution is 5.18. The molecule has 18 heavy (non-hydrogen) atoms. The lowest BCUT2D eigenvalue weighted by Gasteiger charge is -2.16. The Morgan fingerprint density at radius 3 is 2.22 bits per heavy atom. The molecule has 3 nitrogen and oxygen atoms in total. The molecular weight excluding hydrogens is 226 g/mol. The Morgan fingerprint density at radius 2 is 1.78 bits per heavy atom. The standard InChI is InChI=1S/C11H17NO2.2C2H6/c1-9-4-6-12-10(8-9)14-7-5-11(2,3)13;2*1-2/h4,6,8,13H,5,7H2,1-3H3;2*1-2H3. The number of hydrogen-bond donors (Lipinski definition) is 1. The largest absolute Gasteiger partial charge is 0.478 e. The molecule has 0 saturated carbocycles. The molecule has 1 rings (SSSR count). The van der Waals surface area contributed by atoms with Crippen molar-refractivity contribution in [2.75, 3.05) is 6.61 Å². The molecule has 0 saturated heterocycles. The molecule has 0 aliphatic rings. The Kier molecular flexibility index (Phi) is 11.8. The average Bonchev–Trinajstić information content (AvgIpc) is 2.33. The molecule has 0 aromatic carbocycles. The van der Waals surface area contributed by atoms with Crippen molar-refractivity contribution in [1.82, 2.24) is 4.98 Å². The Hall–Kier alpha value is -1.09. The molecule has 1 heterocycles. The fraction of sp³-hybridized carbons (Fsp3) is 0.667. The maximum atomic E-state index is 9.45. The van der Waals surface area contributed by atoms with Crippen LogP contribution < -0.4 is 4.74 Å². The summed E-state index contributed by atoms with van der Waals surface area (Å²) in [4.78, 5) is 4.06. The fourth-order valence-corrected chi connectivity index (χ4v) is 0.993. The number of pyridine rings is 1. The predicted molar refractivity (Wildman–Crippen MR) is 78.1 cm³/mol. The molecule has 1 aromatic heterocycles. The number of hydrogen-bond acceptors (Lipinski definition) is 3. The predicted octanol–water partition coefficient (Wildman–Crippen LogP) is 3.98. The zero-order chi connectivity index (χ0) is 14.6. The van der Waals surface area contributed by atoms with Gasteiger partial charge in [0.1, 0.15) is 0 Å². The quantitative estimate of drug-likeness (QED) is 0.884. The zero-order valence-electron chi connectivity index (χ0n) is 12.9. The lowest BCUT2D eigenvalue weighted by molar-refractivity contribution is 0.0547. The summed E-state index contributed by atoms with van der Waals surface area (Å²) in [6, 6.07) is 3.80. The molecule has 0 spiro atoms. The summed E-state index contributed by atoms with van der Waals surface area (Å²) in [6.45, 7) is 14.0. The SMILES string of the molecule is CC.CC.Cc1ccnc(OCCC(C)(C)O)c1. The highest BCUT2D eigenvalue weighted by Crippen LogP contribution is 2.11. The van der Waals surface area contributed by atoms with Gasteiger partial charge in [-0.05, 0) is 32.4 Å². The van der Waals surface area contributed by atoms with Gasteiger partial charge in [0.2, 0.25) is 5.88 Å². The summed E-state index contributed by atoms with van der Waals surface area (Å²) in [6.07, 6.45) is 2.32. The first-order valence-electron chi connectivity index (χ1n) is 6.75. The molecule has 0 fully saturated rings. The van der Waals surface area contributed by atoms with E-state index in [1.165, 1.54) is 0 Å². The van der Waals surface area contributed by atoms with Gasteiger partial charge in [-0.15, -0.1) is 0 Å². The first kappa shape index (κ1) is 19.3. The lowest BCUT2D eigenvalue weighted by atomic mass is 10.1. The van der Waals surface area contributed by atoms with Crippen molar-refractivity contribution in [1.29, 1.82) is 0 Å². The van der Waals surface area contributed by atoms with Crippen LogP contribution in [0.25, 0.3) is 0 Å². The van der Waals surface area contributed by atoms with Gasteiger partial charge in [0.05, 0.1) is 12.2 Å². The van der Waals surface area contributed by atoms with Crippen LogP contribution in [-0.4, -0.2) is 22.3 Å². The van der Waals surface area contributed by atoms with Gasteiger partial charge in [-0.25, -0.2) is 4.98 Å². The molecule has 0 amide bonds. The van der Waals surface area contributed by atoms with Crippen LogP contribution in [0.4, 0.5) is 0 Å². The molecule has 1 N–H and O–H groups in total. The van der Waals surface area contributed by atoms with E-state index >= 15 is 0 Å². The zero-order valence-corrected chi connectivity index (χ0v) is 12.9. The Labute approximate surface area is 112 Å². The van der Waals surface area contributed by atoms with E-state index < -0.39 is 5.60 Å². The van der Waals surface area contributed by atoms with Gasteiger partial charge in [0.15, 0.2) is 0 Å². The topological polar surface area (TPSA) is 42.4 Å². The summed E-state index contributed by atoms with van der Waals surface area (Å²) in [7, 11) is 0. The number of aromatic nitrogens is 1. The van der Waals surface area contributed by atoms with E-state index in [-0.39, 0.29) is 0 Å². The van der Waals surface area contributed by atoms with Crippen molar-refractivity contribution < 1.29 is 9.84 Å². The first-order valence-corrected chi connectivity index (χ1v) is 6.75. The minimum Gasteiger partial charge on any atom is -0.478 e. The highest BCUT2D eigenvalue weighted by atomic mass is 16.5. The molecule has 0 aliphatic heterocycles. The van der Waals surface area contributed by atoms with Crippen LogP contribution in [0.5, 0.6) is 5.88 Å². The van der Waals surface area contributed by atoms with E-state index in [2.05, 4.69) is 4.98 Å². The van der Waals surface area contributed by atoms with Crippen molar-refractivity contribution in [3.63, 3.8) is 0 Å². The van der Waals surface area contributed by atoms with Crippen LogP contribution in [-0.2, 0) is 0 Å². The molecule has 0 bridgehead atoms. The van der Waals surface area contributed by atoms with Crippen molar-refractivity contribution in [3.8, 4) is 5.88 Å². The van der Waals surface area contributed by atoms with E-state index in [0.717, 1.165) is 5.56 Å². The van der Waals surface area contributed by atoms with E-state index in [1.54, 1.807) is 20.0 Å². The smallest absolute Gasteiger partial charge is 0.213 e. The second-order valence-electron chi connectivity index (χ2n) is 4.08. The number of nitrogens with zero attached hydrogens (tertiary/aromatic N) is 1. The minimum absolute atomic E-state index is 0.486. The Bertz CT molecular complexity index is 293. The van der Waals surface area contributed by atoms with Crippen molar-refractivity contribution >= 4 is 0 Å². The first-order chi connectivity index (χ1) is 8.47. The molecule has 106 valence electrons. The lowest BCUT2D eigenvalue weighted by Crippen LogP contribution is -2.21. The third-order valence-electron chi connectivity index (χ3n) is 1.85. The van der Waals surface area contributed by atoms with E-state index in [0.29, 0.717) is 18.9 Å². The van der Waals surface area contributed by atoms with Gasteiger partial charge in [-0.2, -0.15) is 0 Å². The molecule has 0 radical (unpaired) electrons. The minimum atomic E-state index is -0.677. The van der Waals surface area contributed by atoms with Gasteiger partial charge in [-0.3, -0.25) is 0 Å². The van der Waals surface area contributed by atoms with Gasteiger partial charge in [0.25, 0.3) is 0 Å². The molecule has 0 aliphatic carbocycles. The van der Waals surface area contributed by atoms with E-state index in [9.17, 15) is 5.11 Å². The third-order valence-corrected chi connectivity index (χ3v) is 1.85. The van der Waals surface area contributed by atoms with Crippen molar-refractivity contribution in [2.24, 2.45) is 0 Å². The summed E-state index contributed by atoms with van der Waals surface area (Å²) >= 11 is 0. The molecule has 0 atom stereocenters. The number of rotatable bonds is 4. The van der Waals surface area contributed by atoms with Gasteiger partial charge in [0, 0.05) is 18.7 Å². The summed E-state index contributed by atoms with van der Waals surface area (Å²) in [5.41, 5.74) is 0.447. The van der Waals surface area contributed by atoms with E-state index in [1.807, 2.05) is 46.8 Å². The maximum absolute atomic E-state index is 9.45. The average molecular weight is 255 g/mol. The third kappa shape index (κ3) is 11.4. The number of ether oxygens (including phenoxy) is 1. The van der Waals surface area contributed by atoms with Crippen LogP contribution in [0, 0.1) is 6.92 Å². The van der Waals surface area contributed by atoms with E-state index in [4.69, 9.17) is 4.74 Å². The number of aliphatic hydroxyl groups is 1. The van der Waals surface area contributed by atoms with Crippen LogP contribution >= 0.6 is 0 Å². The van der Waals surface area contributed by atoms with Gasteiger partial charge in [-0.1, -0.05) is 27.7 Å². The van der Waals surface area contributed by atoms with Gasteiger partial charge < -0.3 is 9.84 Å². The Morgan fingerprint density at radius 1 is 1.22 bits per heavy atom. The number of aryl methyl sites for hydroxylation is 1. The normalized spacial score (nSPS) is 9.56. The molecular formula is C15H29NO2. The monoisotopic (exact) mass is 255 g/mol. The van der Waals surface area contributed by atoms with Crippen LogP contribution in [0.15, 0.2) is 18.3 Å². The molecule has 3 heteroatoms. The van der Waals surface area contributed by atoms with Crippen LogP contribution in [0.1, 0.15) is 53.5 Å². The van der Waals surface area contributed by atoms with Crippen molar-refractivity contribution in [2.45, 2.75) is 60.5 Å². The summed E-state index contributed by atoms with van der Waals surface area (Å²) in [5, 5.41) is 9.45. The van der Waals surface area contributed by atoms with Crippen LogP contribution in [0.3, 0.4) is 0 Å². The molecule has 0 unspecified atom stereocenters. The highest BCUT2D eigenvalue weighted by Gasteiger charge is 2.12. The fourth-order valence-electron chi connectivity index (χ4n) is 0.993. The van der Waals surface area contributed by atoms with Crippen LogP contribution in [0.2, 0.25) is 0 Å². The van der Waals surface area contributed by atoms with Gasteiger partial charge >= 0.3 is 0 Å². The molecule has 1 aromatic rings. The second-order valence-corrected chi connectivity index (χ2v) is 4.08. The summed E-state index contributed by atoms with van der Waals surface area (Å²) < 4.78 is 5.39. The summed E-state index contributed by atoms with van der Waals surface area (Å²) in [5.74, 6) is 0.620. The maximum Gasteiger partial charge on any atom is 0.213 e. The van der Waals surface area contributed by atoms with Crippen molar-refractivity contribution in [3.05, 3.63) is 23.9 Å². The Balaban J connectivity index is 0. The second kappa shape index (κ2) is 11.0.